The minimum absolute atomic E-state index is 0.0739. The van der Waals surface area contributed by atoms with Gasteiger partial charge in [-0.25, -0.2) is 0 Å². The van der Waals surface area contributed by atoms with Crippen LogP contribution >= 0.6 is 23.2 Å². The molecule has 21 heavy (non-hydrogen) atoms. The number of rotatable bonds is 5. The van der Waals surface area contributed by atoms with E-state index in [0.29, 0.717) is 22.3 Å². The van der Waals surface area contributed by atoms with Gasteiger partial charge in [0.15, 0.2) is 0 Å². The Morgan fingerprint density at radius 2 is 1.86 bits per heavy atom. The highest BCUT2D eigenvalue weighted by atomic mass is 35.5. The Morgan fingerprint density at radius 3 is 2.43 bits per heavy atom. The predicted molar refractivity (Wildman–Crippen MR) is 86.2 cm³/mol. The number of aliphatic hydroxyl groups excluding tert-OH is 1. The maximum Gasteiger partial charge on any atom is 0.122 e. The van der Waals surface area contributed by atoms with Crippen molar-refractivity contribution in [3.63, 3.8) is 0 Å². The number of piperidine rings is 1. The van der Waals surface area contributed by atoms with Gasteiger partial charge >= 0.3 is 0 Å². The molecule has 0 aliphatic carbocycles. The number of ether oxygens (including phenoxy) is 1. The topological polar surface area (TPSA) is 58.7 Å². The van der Waals surface area contributed by atoms with E-state index >= 15 is 0 Å². The number of β-amino-alcohol motifs (C(OH)–C–C–N with tert-alkyl or cyclic N) is 1. The van der Waals surface area contributed by atoms with Gasteiger partial charge in [0.1, 0.15) is 18.5 Å². The first-order valence-corrected chi connectivity index (χ1v) is 7.88. The van der Waals surface area contributed by atoms with Crippen LogP contribution < -0.4 is 10.5 Å². The van der Waals surface area contributed by atoms with Gasteiger partial charge in [0.25, 0.3) is 0 Å². The van der Waals surface area contributed by atoms with E-state index in [1.165, 1.54) is 0 Å². The van der Waals surface area contributed by atoms with Gasteiger partial charge in [-0.05, 0) is 51.1 Å². The number of nitrogens with two attached hydrogens (primary N) is 1. The molecule has 2 rings (SSSR count). The van der Waals surface area contributed by atoms with Gasteiger partial charge in [0.2, 0.25) is 0 Å². The molecule has 3 N–H and O–H groups in total. The van der Waals surface area contributed by atoms with E-state index in [4.69, 9.17) is 33.7 Å². The minimum atomic E-state index is -0.551. The average molecular weight is 333 g/mol. The SMILES string of the molecule is CC1(N)CCN(CC(O)COc2cc(Cl)cc(Cl)c2)CC1. The molecule has 1 fully saturated rings. The number of benzene rings is 1. The Hall–Kier alpha value is -0.520. The molecule has 1 aromatic carbocycles. The summed E-state index contributed by atoms with van der Waals surface area (Å²) in [7, 11) is 0. The maximum absolute atomic E-state index is 10.1. The highest BCUT2D eigenvalue weighted by Crippen LogP contribution is 2.24. The van der Waals surface area contributed by atoms with E-state index in [1.807, 2.05) is 0 Å². The molecular weight excluding hydrogens is 311 g/mol. The lowest BCUT2D eigenvalue weighted by atomic mass is 9.91. The Balaban J connectivity index is 1.76. The average Bonchev–Trinajstić information content (AvgIpc) is 2.38. The molecule has 0 bridgehead atoms. The van der Waals surface area contributed by atoms with Crippen LogP contribution in [0.3, 0.4) is 0 Å². The van der Waals surface area contributed by atoms with Crippen LogP contribution in [0.15, 0.2) is 18.2 Å². The van der Waals surface area contributed by atoms with Crippen molar-refractivity contribution in [3.8, 4) is 5.75 Å². The maximum atomic E-state index is 10.1. The van der Waals surface area contributed by atoms with E-state index in [9.17, 15) is 5.11 Å². The van der Waals surface area contributed by atoms with E-state index in [-0.39, 0.29) is 12.1 Å². The van der Waals surface area contributed by atoms with Crippen LogP contribution in [0, 0.1) is 0 Å². The molecule has 1 aliphatic heterocycles. The molecule has 1 unspecified atom stereocenters. The summed E-state index contributed by atoms with van der Waals surface area (Å²) in [6.07, 6.45) is 1.35. The van der Waals surface area contributed by atoms with Crippen molar-refractivity contribution < 1.29 is 9.84 Å². The van der Waals surface area contributed by atoms with Gasteiger partial charge in [0.05, 0.1) is 0 Å². The van der Waals surface area contributed by atoms with Crippen molar-refractivity contribution in [2.24, 2.45) is 5.73 Å². The van der Waals surface area contributed by atoms with Crippen molar-refractivity contribution >= 4 is 23.2 Å². The van der Waals surface area contributed by atoms with Gasteiger partial charge in [-0.15, -0.1) is 0 Å². The standard InChI is InChI=1S/C15H22Cl2N2O2/c1-15(18)2-4-19(5-3-15)9-13(20)10-21-14-7-11(16)6-12(17)8-14/h6-8,13,20H,2-5,9-10,18H2,1H3. The lowest BCUT2D eigenvalue weighted by molar-refractivity contribution is 0.0531. The number of likely N-dealkylation sites (tertiary alicyclic amines) is 1. The second-order valence-electron chi connectivity index (χ2n) is 6.02. The highest BCUT2D eigenvalue weighted by Gasteiger charge is 2.26. The summed E-state index contributed by atoms with van der Waals surface area (Å²) < 4.78 is 5.54. The molecule has 6 heteroatoms. The van der Waals surface area contributed by atoms with Crippen LogP contribution in [0.4, 0.5) is 0 Å². The lowest BCUT2D eigenvalue weighted by Gasteiger charge is -2.37. The first-order valence-electron chi connectivity index (χ1n) is 7.12. The summed E-state index contributed by atoms with van der Waals surface area (Å²) in [5.74, 6) is 0.569. The number of halogens is 2. The lowest BCUT2D eigenvalue weighted by Crippen LogP contribution is -2.50. The molecular formula is C15H22Cl2N2O2. The van der Waals surface area contributed by atoms with E-state index in [1.54, 1.807) is 18.2 Å². The number of hydrogen-bond donors (Lipinski definition) is 2. The largest absolute Gasteiger partial charge is 0.491 e. The Bertz CT molecular complexity index is 452. The first kappa shape index (κ1) is 16.8. The summed E-state index contributed by atoms with van der Waals surface area (Å²) in [6.45, 7) is 4.70. The molecule has 118 valence electrons. The smallest absolute Gasteiger partial charge is 0.122 e. The molecule has 1 aliphatic rings. The molecule has 1 heterocycles. The van der Waals surface area contributed by atoms with Crippen molar-refractivity contribution in [2.45, 2.75) is 31.4 Å². The molecule has 0 radical (unpaired) electrons. The fraction of sp³-hybridized carbons (Fsp3) is 0.600. The zero-order valence-electron chi connectivity index (χ0n) is 12.2. The molecule has 1 aromatic rings. The predicted octanol–water partition coefficient (Wildman–Crippen LogP) is 2.55. The summed E-state index contributed by atoms with van der Waals surface area (Å²) >= 11 is 11.8. The monoisotopic (exact) mass is 332 g/mol. The van der Waals surface area contributed by atoms with Gasteiger partial charge in [-0.1, -0.05) is 23.2 Å². The third kappa shape index (κ3) is 5.64. The summed E-state index contributed by atoms with van der Waals surface area (Å²) in [6, 6.07) is 5.01. The van der Waals surface area contributed by atoms with Gasteiger partial charge in [0, 0.05) is 22.1 Å². The molecule has 1 atom stereocenters. The number of hydrogen-bond acceptors (Lipinski definition) is 4. The second-order valence-corrected chi connectivity index (χ2v) is 6.90. The van der Waals surface area contributed by atoms with Crippen LogP contribution in [0.2, 0.25) is 10.0 Å². The zero-order chi connectivity index (χ0) is 15.5. The summed E-state index contributed by atoms with van der Waals surface area (Å²) in [5, 5.41) is 11.1. The van der Waals surface area contributed by atoms with Crippen LogP contribution in [-0.2, 0) is 0 Å². The van der Waals surface area contributed by atoms with E-state index in [2.05, 4.69) is 11.8 Å². The molecule has 0 aromatic heterocycles. The van der Waals surface area contributed by atoms with Crippen molar-refractivity contribution in [1.82, 2.24) is 4.90 Å². The van der Waals surface area contributed by atoms with Crippen LogP contribution in [0.25, 0.3) is 0 Å². The van der Waals surface area contributed by atoms with Gasteiger partial charge in [-0.2, -0.15) is 0 Å². The first-order chi connectivity index (χ1) is 9.84. The van der Waals surface area contributed by atoms with E-state index in [0.717, 1.165) is 25.9 Å². The van der Waals surface area contributed by atoms with E-state index < -0.39 is 6.10 Å². The quantitative estimate of drug-likeness (QED) is 0.869. The van der Waals surface area contributed by atoms with Crippen molar-refractivity contribution in [1.29, 1.82) is 0 Å². The number of nitrogens with zero attached hydrogens (tertiary/aromatic N) is 1. The molecule has 1 saturated heterocycles. The van der Waals surface area contributed by atoms with Crippen molar-refractivity contribution in [3.05, 3.63) is 28.2 Å². The third-order valence-corrected chi connectivity index (χ3v) is 4.18. The molecule has 4 nitrogen and oxygen atoms in total. The molecule has 0 spiro atoms. The third-order valence-electron chi connectivity index (χ3n) is 3.75. The van der Waals surface area contributed by atoms with Crippen LogP contribution in [0.5, 0.6) is 5.75 Å². The Labute approximate surface area is 135 Å². The van der Waals surface area contributed by atoms with Crippen LogP contribution in [0.1, 0.15) is 19.8 Å². The normalized spacial score (nSPS) is 20.2. The molecule has 0 amide bonds. The Morgan fingerprint density at radius 1 is 1.29 bits per heavy atom. The fourth-order valence-corrected chi connectivity index (χ4v) is 2.91. The molecule has 0 saturated carbocycles. The second kappa shape index (κ2) is 7.16. The number of aliphatic hydroxyl groups is 1. The van der Waals surface area contributed by atoms with Crippen LogP contribution in [-0.4, -0.2) is 47.9 Å². The highest BCUT2D eigenvalue weighted by molar-refractivity contribution is 6.34. The van der Waals surface area contributed by atoms with Gasteiger partial charge in [-0.3, -0.25) is 0 Å². The zero-order valence-corrected chi connectivity index (χ0v) is 13.7. The Kier molecular flexibility index (Phi) is 5.74. The van der Waals surface area contributed by atoms with Crippen molar-refractivity contribution in [2.75, 3.05) is 26.2 Å². The summed E-state index contributed by atoms with van der Waals surface area (Å²) in [4.78, 5) is 2.22. The summed E-state index contributed by atoms with van der Waals surface area (Å²) in [5.41, 5.74) is 6.02. The fourth-order valence-electron chi connectivity index (χ4n) is 2.40. The minimum Gasteiger partial charge on any atom is -0.491 e. The van der Waals surface area contributed by atoms with Gasteiger partial charge < -0.3 is 20.5 Å².